The van der Waals surface area contributed by atoms with Crippen LogP contribution in [0.5, 0.6) is 0 Å². The Hall–Kier alpha value is -1.69. The Balaban J connectivity index is 0.00000192. The summed E-state index contributed by atoms with van der Waals surface area (Å²) in [7, 11) is 0. The minimum absolute atomic E-state index is 0. The number of nitrogens with zero attached hydrogens (tertiary/aromatic N) is 2. The Bertz CT molecular complexity index is 664. The van der Waals surface area contributed by atoms with Gasteiger partial charge in [-0.05, 0) is 29.8 Å². The van der Waals surface area contributed by atoms with Crippen molar-refractivity contribution in [2.45, 2.75) is 6.04 Å². The molecule has 1 amide bonds. The molecule has 4 nitrogen and oxygen atoms in total. The topological polar surface area (TPSA) is 45.2 Å². The van der Waals surface area contributed by atoms with E-state index in [-0.39, 0.29) is 34.9 Å². The highest BCUT2D eigenvalue weighted by Gasteiger charge is 2.29. The van der Waals surface area contributed by atoms with Crippen LogP contribution in [0.4, 0.5) is 4.39 Å². The number of hydrogen-bond donors (Lipinski definition) is 1. The van der Waals surface area contributed by atoms with Gasteiger partial charge in [0.2, 0.25) is 0 Å². The molecule has 7 heteroatoms. The first-order valence-corrected chi connectivity index (χ1v) is 7.40. The van der Waals surface area contributed by atoms with Crippen LogP contribution in [0.1, 0.15) is 22.0 Å². The van der Waals surface area contributed by atoms with Gasteiger partial charge in [0.05, 0.1) is 6.04 Å². The van der Waals surface area contributed by atoms with Gasteiger partial charge in [-0.1, -0.05) is 17.7 Å². The van der Waals surface area contributed by atoms with Crippen molar-refractivity contribution < 1.29 is 9.18 Å². The molecule has 1 N–H and O–H groups in total. The van der Waals surface area contributed by atoms with Crippen LogP contribution in [0.25, 0.3) is 0 Å². The molecule has 1 aromatic carbocycles. The molecular formula is C16H16Cl2FN3O. The Labute approximate surface area is 145 Å². The van der Waals surface area contributed by atoms with E-state index in [1.54, 1.807) is 17.3 Å². The third-order valence-electron chi connectivity index (χ3n) is 3.68. The fraction of sp³-hybridized carbons (Fsp3) is 0.250. The van der Waals surface area contributed by atoms with E-state index in [2.05, 4.69) is 10.3 Å². The monoisotopic (exact) mass is 355 g/mol. The van der Waals surface area contributed by atoms with Gasteiger partial charge in [-0.15, -0.1) is 12.4 Å². The second-order valence-corrected chi connectivity index (χ2v) is 5.60. The van der Waals surface area contributed by atoms with E-state index < -0.39 is 5.82 Å². The lowest BCUT2D eigenvalue weighted by Gasteiger charge is -2.36. The fourth-order valence-corrected chi connectivity index (χ4v) is 2.88. The van der Waals surface area contributed by atoms with E-state index in [1.807, 2.05) is 12.1 Å². The lowest BCUT2D eigenvalue weighted by atomic mass is 10.0. The smallest absolute Gasteiger partial charge is 0.254 e. The van der Waals surface area contributed by atoms with Gasteiger partial charge in [0.25, 0.3) is 5.91 Å². The lowest BCUT2D eigenvalue weighted by Crippen LogP contribution is -2.48. The molecule has 1 fully saturated rings. The van der Waals surface area contributed by atoms with Crippen molar-refractivity contribution in [2.24, 2.45) is 0 Å². The molecule has 2 aromatic rings. The summed E-state index contributed by atoms with van der Waals surface area (Å²) in [6.45, 7) is 1.89. The van der Waals surface area contributed by atoms with Gasteiger partial charge in [0.1, 0.15) is 5.82 Å². The third-order valence-corrected chi connectivity index (χ3v) is 3.90. The second-order valence-electron chi connectivity index (χ2n) is 5.16. The predicted molar refractivity (Wildman–Crippen MR) is 89.5 cm³/mol. The largest absolute Gasteiger partial charge is 0.329 e. The highest BCUT2D eigenvalue weighted by molar-refractivity contribution is 6.31. The number of aromatic nitrogens is 1. The van der Waals surface area contributed by atoms with Gasteiger partial charge in [0.15, 0.2) is 0 Å². The first-order valence-electron chi connectivity index (χ1n) is 7.03. The normalized spacial score (nSPS) is 17.5. The maximum Gasteiger partial charge on any atom is 0.254 e. The highest BCUT2D eigenvalue weighted by Crippen LogP contribution is 2.25. The van der Waals surface area contributed by atoms with Crippen molar-refractivity contribution in [2.75, 3.05) is 19.6 Å². The molecule has 0 radical (unpaired) electrons. The van der Waals surface area contributed by atoms with Crippen LogP contribution in [-0.2, 0) is 0 Å². The van der Waals surface area contributed by atoms with Crippen LogP contribution in [-0.4, -0.2) is 35.4 Å². The molecule has 1 aliphatic rings. The molecular weight excluding hydrogens is 340 g/mol. The van der Waals surface area contributed by atoms with Crippen LogP contribution in [0.15, 0.2) is 42.7 Å². The molecule has 2 heterocycles. The fourth-order valence-electron chi connectivity index (χ4n) is 2.66. The van der Waals surface area contributed by atoms with Crippen molar-refractivity contribution >= 4 is 29.9 Å². The molecule has 23 heavy (non-hydrogen) atoms. The summed E-state index contributed by atoms with van der Waals surface area (Å²) in [5.41, 5.74) is 1.21. The number of halogens is 3. The molecule has 0 spiro atoms. The minimum Gasteiger partial charge on any atom is -0.329 e. The SMILES string of the molecule is Cl.O=C(c1cc(F)cc(Cl)c1)N1CCNCC1c1cccnc1. The van der Waals surface area contributed by atoms with Crippen LogP contribution in [0.3, 0.4) is 0 Å². The number of piperazine rings is 1. The van der Waals surface area contributed by atoms with Crippen LogP contribution in [0.2, 0.25) is 5.02 Å². The molecule has 3 rings (SSSR count). The third kappa shape index (κ3) is 3.99. The molecule has 1 saturated heterocycles. The standard InChI is InChI=1S/C16H15ClFN3O.ClH/c17-13-6-12(7-14(18)8-13)16(22)21-5-4-20-10-15(21)11-2-1-3-19-9-11;/h1-3,6-9,15,20H,4-5,10H2;1H. The maximum absolute atomic E-state index is 13.5. The van der Waals surface area contributed by atoms with E-state index in [4.69, 9.17) is 11.6 Å². The molecule has 1 aromatic heterocycles. The van der Waals surface area contributed by atoms with Gasteiger partial charge < -0.3 is 10.2 Å². The van der Waals surface area contributed by atoms with Gasteiger partial charge in [-0.3, -0.25) is 9.78 Å². The summed E-state index contributed by atoms with van der Waals surface area (Å²) in [4.78, 5) is 18.6. The van der Waals surface area contributed by atoms with Crippen molar-refractivity contribution in [3.8, 4) is 0 Å². The zero-order valence-electron chi connectivity index (χ0n) is 12.2. The maximum atomic E-state index is 13.5. The number of nitrogens with one attached hydrogen (secondary N) is 1. The highest BCUT2D eigenvalue weighted by atomic mass is 35.5. The van der Waals surface area contributed by atoms with E-state index in [0.717, 1.165) is 5.56 Å². The molecule has 0 saturated carbocycles. The van der Waals surface area contributed by atoms with E-state index in [0.29, 0.717) is 19.6 Å². The molecule has 1 aliphatic heterocycles. The van der Waals surface area contributed by atoms with Gasteiger partial charge >= 0.3 is 0 Å². The minimum atomic E-state index is -0.510. The number of rotatable bonds is 2. The zero-order chi connectivity index (χ0) is 15.5. The number of benzene rings is 1. The quantitative estimate of drug-likeness (QED) is 0.900. The van der Waals surface area contributed by atoms with Crippen molar-refractivity contribution in [1.29, 1.82) is 0 Å². The predicted octanol–water partition coefficient (Wildman–Crippen LogP) is 3.08. The van der Waals surface area contributed by atoms with Crippen LogP contribution in [0, 0.1) is 5.82 Å². The number of hydrogen-bond acceptors (Lipinski definition) is 3. The number of carbonyl (C=O) groups is 1. The van der Waals surface area contributed by atoms with Gasteiger partial charge in [-0.2, -0.15) is 0 Å². The Morgan fingerprint density at radius 2 is 2.22 bits per heavy atom. The van der Waals surface area contributed by atoms with Gasteiger partial charge in [-0.25, -0.2) is 4.39 Å². The van der Waals surface area contributed by atoms with Crippen LogP contribution < -0.4 is 5.32 Å². The molecule has 122 valence electrons. The molecule has 1 unspecified atom stereocenters. The average molecular weight is 356 g/mol. The zero-order valence-corrected chi connectivity index (χ0v) is 13.8. The van der Waals surface area contributed by atoms with Crippen molar-refractivity contribution in [3.63, 3.8) is 0 Å². The second kappa shape index (κ2) is 7.73. The first kappa shape index (κ1) is 17.7. The summed E-state index contributed by atoms with van der Waals surface area (Å²) < 4.78 is 13.5. The summed E-state index contributed by atoms with van der Waals surface area (Å²) in [6.07, 6.45) is 3.44. The molecule has 0 bridgehead atoms. The first-order chi connectivity index (χ1) is 10.6. The average Bonchev–Trinajstić information content (AvgIpc) is 2.54. The molecule has 0 aliphatic carbocycles. The van der Waals surface area contributed by atoms with Crippen molar-refractivity contribution in [3.05, 3.63) is 64.7 Å². The van der Waals surface area contributed by atoms with Gasteiger partial charge in [0, 0.05) is 42.6 Å². The Morgan fingerprint density at radius 3 is 2.91 bits per heavy atom. The van der Waals surface area contributed by atoms with E-state index >= 15 is 0 Å². The summed E-state index contributed by atoms with van der Waals surface area (Å²) in [6, 6.07) is 7.55. The molecule has 1 atom stereocenters. The summed E-state index contributed by atoms with van der Waals surface area (Å²) in [5, 5.41) is 3.49. The van der Waals surface area contributed by atoms with Crippen LogP contribution >= 0.6 is 24.0 Å². The number of amides is 1. The summed E-state index contributed by atoms with van der Waals surface area (Å²) >= 11 is 5.85. The lowest BCUT2D eigenvalue weighted by molar-refractivity contribution is 0.0633. The Kier molecular flexibility index (Phi) is 5.93. The summed E-state index contributed by atoms with van der Waals surface area (Å²) in [5.74, 6) is -0.735. The Morgan fingerprint density at radius 1 is 1.39 bits per heavy atom. The van der Waals surface area contributed by atoms with E-state index in [1.165, 1.54) is 18.2 Å². The van der Waals surface area contributed by atoms with E-state index in [9.17, 15) is 9.18 Å². The van der Waals surface area contributed by atoms with Crippen molar-refractivity contribution in [1.82, 2.24) is 15.2 Å². The number of carbonyl (C=O) groups excluding carboxylic acids is 1. The number of pyridine rings is 1.